The zero-order chi connectivity index (χ0) is 7.56. The molecule has 0 spiro atoms. The molecule has 0 aromatic heterocycles. The van der Waals surface area contributed by atoms with Crippen molar-refractivity contribution in [3.05, 3.63) is 23.5 Å². The van der Waals surface area contributed by atoms with Gasteiger partial charge in [0.1, 0.15) is 0 Å². The summed E-state index contributed by atoms with van der Waals surface area (Å²) in [6, 6.07) is 0. The monoisotopic (exact) mass is 137 g/mol. The molecule has 1 heterocycles. The molecular weight excluding hydrogens is 126 g/mol. The largest absolute Gasteiger partial charge is 0.307 e. The normalized spacial score (nSPS) is 18.0. The van der Waals surface area contributed by atoms with Crippen LogP contribution in [0.15, 0.2) is 23.5 Å². The molecule has 0 saturated heterocycles. The highest BCUT2D eigenvalue weighted by atomic mass is 15.4. The van der Waals surface area contributed by atoms with Gasteiger partial charge in [0.05, 0.1) is 5.70 Å². The third-order valence-corrected chi connectivity index (χ3v) is 1.55. The Kier molecular flexibility index (Phi) is 1.87. The van der Waals surface area contributed by atoms with Gasteiger partial charge in [-0.05, 0) is 13.3 Å². The molecule has 3 heteroatoms. The number of nitrogens with zero attached hydrogens (tertiary/aromatic N) is 1. The lowest BCUT2D eigenvalue weighted by Crippen LogP contribution is -2.30. The molecule has 0 unspecified atom stereocenters. The second kappa shape index (κ2) is 2.66. The minimum absolute atomic E-state index is 0.764. The van der Waals surface area contributed by atoms with Gasteiger partial charge in [-0.15, -0.1) is 0 Å². The fourth-order valence-corrected chi connectivity index (χ4v) is 0.879. The first kappa shape index (κ1) is 7.02. The Morgan fingerprint density at radius 2 is 2.40 bits per heavy atom. The zero-order valence-electron chi connectivity index (χ0n) is 5.96. The number of hydrogen-bond acceptors (Lipinski definition) is 3. The van der Waals surface area contributed by atoms with Gasteiger partial charge >= 0.3 is 0 Å². The zero-order valence-corrected chi connectivity index (χ0v) is 5.96. The Bertz CT molecular complexity index is 203. The molecule has 0 amide bonds. The van der Waals surface area contributed by atoms with E-state index in [1.807, 2.05) is 19.1 Å². The van der Waals surface area contributed by atoms with E-state index >= 15 is 0 Å². The Balaban J connectivity index is 2.79. The first-order valence-electron chi connectivity index (χ1n) is 3.18. The van der Waals surface area contributed by atoms with Crippen molar-refractivity contribution in [2.45, 2.75) is 13.3 Å². The molecular formula is C7H11N3. The van der Waals surface area contributed by atoms with Crippen LogP contribution in [0.1, 0.15) is 13.3 Å². The molecule has 3 nitrogen and oxygen atoms in total. The fourth-order valence-electron chi connectivity index (χ4n) is 0.879. The first-order valence-corrected chi connectivity index (χ1v) is 3.18. The SMILES string of the molecule is CC1=CCC=C(C=N)N1N. The van der Waals surface area contributed by atoms with Gasteiger partial charge in [-0.1, -0.05) is 12.2 Å². The highest BCUT2D eigenvalue weighted by Gasteiger charge is 2.06. The molecule has 1 aliphatic heterocycles. The number of nitrogens with two attached hydrogens (primary N) is 1. The minimum Gasteiger partial charge on any atom is -0.307 e. The van der Waals surface area contributed by atoms with Crippen LogP contribution in [0.4, 0.5) is 0 Å². The maximum absolute atomic E-state index is 6.98. The molecule has 0 bridgehead atoms. The predicted octanol–water partition coefficient (Wildman–Crippen LogP) is 1.00. The van der Waals surface area contributed by atoms with Crippen molar-refractivity contribution in [1.82, 2.24) is 5.01 Å². The molecule has 0 aromatic rings. The lowest BCUT2D eigenvalue weighted by Gasteiger charge is -2.22. The summed E-state index contributed by atoms with van der Waals surface area (Å²) >= 11 is 0. The topological polar surface area (TPSA) is 53.1 Å². The molecule has 0 atom stereocenters. The van der Waals surface area contributed by atoms with Crippen LogP contribution < -0.4 is 5.84 Å². The fraction of sp³-hybridized carbons (Fsp3) is 0.286. The Hall–Kier alpha value is -1.09. The van der Waals surface area contributed by atoms with Gasteiger partial charge in [-0.3, -0.25) is 5.01 Å². The Morgan fingerprint density at radius 3 is 2.90 bits per heavy atom. The summed E-state index contributed by atoms with van der Waals surface area (Å²) in [6.07, 6.45) is 6.08. The molecule has 3 N–H and O–H groups in total. The predicted molar refractivity (Wildman–Crippen MR) is 41.3 cm³/mol. The van der Waals surface area contributed by atoms with E-state index in [9.17, 15) is 0 Å². The molecule has 1 rings (SSSR count). The standard InChI is InChI=1S/C7H11N3/c1-6-3-2-4-7(5-8)10(6)9/h3-5,8H,2,9H2,1H3. The van der Waals surface area contributed by atoms with Gasteiger partial charge in [0.25, 0.3) is 0 Å². The number of rotatable bonds is 1. The average molecular weight is 137 g/mol. The molecule has 10 heavy (non-hydrogen) atoms. The second-order valence-corrected chi connectivity index (χ2v) is 2.22. The van der Waals surface area contributed by atoms with Crippen molar-refractivity contribution in [2.24, 2.45) is 5.84 Å². The van der Waals surface area contributed by atoms with Crippen molar-refractivity contribution in [1.29, 1.82) is 5.41 Å². The molecule has 0 aromatic carbocycles. The van der Waals surface area contributed by atoms with E-state index in [-0.39, 0.29) is 0 Å². The smallest absolute Gasteiger partial charge is 0.0710 e. The summed E-state index contributed by atoms with van der Waals surface area (Å²) in [5, 5.41) is 8.49. The van der Waals surface area contributed by atoms with Crippen LogP contribution in [-0.4, -0.2) is 11.2 Å². The van der Waals surface area contributed by atoms with Gasteiger partial charge in [0, 0.05) is 11.9 Å². The van der Waals surface area contributed by atoms with Crippen LogP contribution in [0.25, 0.3) is 0 Å². The highest BCUT2D eigenvalue weighted by molar-refractivity contribution is 5.75. The van der Waals surface area contributed by atoms with Gasteiger partial charge in [-0.25, -0.2) is 5.84 Å². The van der Waals surface area contributed by atoms with Gasteiger partial charge in [-0.2, -0.15) is 0 Å². The van der Waals surface area contributed by atoms with E-state index in [2.05, 4.69) is 0 Å². The van der Waals surface area contributed by atoms with Crippen LogP contribution in [0.3, 0.4) is 0 Å². The lowest BCUT2D eigenvalue weighted by atomic mass is 10.2. The summed E-state index contributed by atoms with van der Waals surface area (Å²) < 4.78 is 0. The third-order valence-electron chi connectivity index (χ3n) is 1.55. The van der Waals surface area contributed by atoms with Gasteiger partial charge < -0.3 is 5.41 Å². The summed E-state index contributed by atoms with van der Waals surface area (Å²) in [5.41, 5.74) is 1.76. The number of allylic oxidation sites excluding steroid dienone is 4. The molecule has 1 aliphatic rings. The number of hydrogen-bond donors (Lipinski definition) is 2. The van der Waals surface area contributed by atoms with Gasteiger partial charge in [0.15, 0.2) is 0 Å². The third kappa shape index (κ3) is 1.09. The number of hydrazine groups is 1. The summed E-state index contributed by atoms with van der Waals surface area (Å²) in [5.74, 6) is 5.58. The van der Waals surface area contributed by atoms with E-state index < -0.39 is 0 Å². The van der Waals surface area contributed by atoms with E-state index in [0.29, 0.717) is 0 Å². The van der Waals surface area contributed by atoms with Crippen molar-refractivity contribution in [2.75, 3.05) is 0 Å². The number of nitrogens with one attached hydrogen (secondary N) is 1. The van der Waals surface area contributed by atoms with Crippen molar-refractivity contribution in [3.63, 3.8) is 0 Å². The molecule has 54 valence electrons. The molecule has 0 fully saturated rings. The van der Waals surface area contributed by atoms with E-state index in [0.717, 1.165) is 17.8 Å². The maximum Gasteiger partial charge on any atom is 0.0710 e. The van der Waals surface area contributed by atoms with E-state index in [1.165, 1.54) is 11.2 Å². The van der Waals surface area contributed by atoms with Crippen LogP contribution in [0, 0.1) is 5.41 Å². The van der Waals surface area contributed by atoms with Crippen molar-refractivity contribution >= 4 is 6.21 Å². The molecule has 0 aliphatic carbocycles. The van der Waals surface area contributed by atoms with Crippen molar-refractivity contribution in [3.8, 4) is 0 Å². The second-order valence-electron chi connectivity index (χ2n) is 2.22. The van der Waals surface area contributed by atoms with Crippen LogP contribution in [0.5, 0.6) is 0 Å². The Morgan fingerprint density at radius 1 is 1.70 bits per heavy atom. The lowest BCUT2D eigenvalue weighted by molar-refractivity contribution is 0.464. The summed E-state index contributed by atoms with van der Waals surface area (Å²) in [4.78, 5) is 0. The Labute approximate surface area is 60.3 Å². The quantitative estimate of drug-likeness (QED) is 0.418. The highest BCUT2D eigenvalue weighted by Crippen LogP contribution is 2.12. The van der Waals surface area contributed by atoms with E-state index in [1.54, 1.807) is 0 Å². The van der Waals surface area contributed by atoms with Crippen LogP contribution in [0.2, 0.25) is 0 Å². The average Bonchev–Trinajstić information content (AvgIpc) is 1.95. The maximum atomic E-state index is 6.98. The van der Waals surface area contributed by atoms with Crippen LogP contribution in [-0.2, 0) is 0 Å². The van der Waals surface area contributed by atoms with Gasteiger partial charge in [0.2, 0.25) is 0 Å². The van der Waals surface area contributed by atoms with Crippen molar-refractivity contribution < 1.29 is 0 Å². The molecule has 0 saturated carbocycles. The minimum atomic E-state index is 0.764. The molecule has 0 radical (unpaired) electrons. The van der Waals surface area contributed by atoms with E-state index in [4.69, 9.17) is 11.3 Å². The summed E-state index contributed by atoms with van der Waals surface area (Å²) in [6.45, 7) is 1.93. The van der Waals surface area contributed by atoms with Crippen LogP contribution >= 0.6 is 0 Å². The summed E-state index contributed by atoms with van der Waals surface area (Å²) in [7, 11) is 0. The first-order chi connectivity index (χ1) is 4.75.